The first-order valence-electron chi connectivity index (χ1n) is 8.40. The summed E-state index contributed by atoms with van der Waals surface area (Å²) >= 11 is 0. The number of urea groups is 1. The normalized spacial score (nSPS) is 17.9. The summed E-state index contributed by atoms with van der Waals surface area (Å²) in [6, 6.07) is 16.4. The summed E-state index contributed by atoms with van der Waals surface area (Å²) in [6.07, 6.45) is 2.23. The third kappa shape index (κ3) is 3.36. The fourth-order valence-electron chi connectivity index (χ4n) is 3.34. The molecule has 2 aliphatic rings. The van der Waals surface area contributed by atoms with Crippen LogP contribution in [0, 0.1) is 0 Å². The van der Waals surface area contributed by atoms with Crippen molar-refractivity contribution >= 4 is 11.7 Å². The van der Waals surface area contributed by atoms with Crippen molar-refractivity contribution in [2.45, 2.75) is 25.4 Å². The van der Waals surface area contributed by atoms with Gasteiger partial charge in [-0.3, -0.25) is 4.90 Å². The molecule has 2 aromatic carbocycles. The van der Waals surface area contributed by atoms with E-state index in [9.17, 15) is 4.79 Å². The molecule has 0 bridgehead atoms. The van der Waals surface area contributed by atoms with Crippen LogP contribution in [0.15, 0.2) is 58.5 Å². The van der Waals surface area contributed by atoms with Crippen LogP contribution in [0.1, 0.15) is 18.4 Å². The first-order valence-corrected chi connectivity index (χ1v) is 8.40. The highest BCUT2D eigenvalue weighted by Crippen LogP contribution is 2.17. The van der Waals surface area contributed by atoms with Gasteiger partial charge in [0.15, 0.2) is 0 Å². The number of carbonyl (C=O) groups is 1. The van der Waals surface area contributed by atoms with E-state index in [1.165, 1.54) is 5.56 Å². The van der Waals surface area contributed by atoms with E-state index in [0.29, 0.717) is 16.8 Å². The fraction of sp³-hybridized carbons (Fsp3) is 0.316. The molecule has 0 unspecified atom stereocenters. The Balaban J connectivity index is 1.34. The first-order chi connectivity index (χ1) is 11.8. The molecule has 24 heavy (non-hydrogen) atoms. The van der Waals surface area contributed by atoms with Crippen molar-refractivity contribution in [1.82, 2.24) is 4.90 Å². The van der Waals surface area contributed by atoms with Gasteiger partial charge in [-0.2, -0.15) is 9.98 Å². The zero-order valence-electron chi connectivity index (χ0n) is 13.5. The summed E-state index contributed by atoms with van der Waals surface area (Å²) in [6.45, 7) is 3.21. The maximum Gasteiger partial charge on any atom is 0.368 e. The van der Waals surface area contributed by atoms with Crippen molar-refractivity contribution < 1.29 is 4.79 Å². The molecule has 2 aliphatic heterocycles. The number of piperidine rings is 1. The predicted octanol–water partition coefficient (Wildman–Crippen LogP) is 2.14. The predicted molar refractivity (Wildman–Crippen MR) is 92.5 cm³/mol. The highest BCUT2D eigenvalue weighted by molar-refractivity contribution is 5.77. The lowest BCUT2D eigenvalue weighted by molar-refractivity contribution is 0.211. The van der Waals surface area contributed by atoms with Crippen LogP contribution in [-0.4, -0.2) is 30.1 Å². The zero-order valence-corrected chi connectivity index (χ0v) is 13.5. The molecular formula is C19H20N4O. The van der Waals surface area contributed by atoms with Crippen LogP contribution in [0.3, 0.4) is 0 Å². The van der Waals surface area contributed by atoms with E-state index in [-0.39, 0.29) is 0 Å². The molecule has 122 valence electrons. The molecule has 1 fully saturated rings. The summed E-state index contributed by atoms with van der Waals surface area (Å²) < 4.78 is 0. The maximum absolute atomic E-state index is 11.2. The summed E-state index contributed by atoms with van der Waals surface area (Å²) in [5, 5.41) is 4.91. The molecule has 5 heteroatoms. The van der Waals surface area contributed by atoms with E-state index >= 15 is 0 Å². The SMILES string of the molecule is O=C1N=c2ccc(NC3CCN(Cc4ccccc4)CC3)cc2=N1. The van der Waals surface area contributed by atoms with Gasteiger partial charge in [-0.25, -0.2) is 4.79 Å². The van der Waals surface area contributed by atoms with Gasteiger partial charge in [-0.1, -0.05) is 30.3 Å². The molecule has 2 heterocycles. The lowest BCUT2D eigenvalue weighted by atomic mass is 10.0. The number of amides is 2. The molecule has 0 radical (unpaired) electrons. The lowest BCUT2D eigenvalue weighted by Gasteiger charge is -2.32. The molecule has 5 nitrogen and oxygen atoms in total. The molecule has 2 aromatic rings. The molecule has 0 aromatic heterocycles. The van der Waals surface area contributed by atoms with Crippen molar-refractivity contribution in [3.63, 3.8) is 0 Å². The second kappa shape index (κ2) is 6.53. The van der Waals surface area contributed by atoms with E-state index in [1.807, 2.05) is 18.2 Å². The van der Waals surface area contributed by atoms with Crippen molar-refractivity contribution in [2.75, 3.05) is 18.4 Å². The number of likely N-dealkylation sites (tertiary alicyclic amines) is 1. The molecule has 0 atom stereocenters. The molecule has 1 N–H and O–H groups in total. The number of nitrogens with zero attached hydrogens (tertiary/aromatic N) is 3. The number of hydrogen-bond donors (Lipinski definition) is 1. The minimum atomic E-state index is -0.406. The van der Waals surface area contributed by atoms with Gasteiger partial charge >= 0.3 is 6.03 Å². The fourth-order valence-corrected chi connectivity index (χ4v) is 3.34. The molecule has 2 amide bonds. The van der Waals surface area contributed by atoms with Gasteiger partial charge in [0.2, 0.25) is 0 Å². The Morgan fingerprint density at radius 2 is 1.75 bits per heavy atom. The first kappa shape index (κ1) is 15.0. The second-order valence-corrected chi connectivity index (χ2v) is 6.39. The second-order valence-electron chi connectivity index (χ2n) is 6.39. The number of benzene rings is 2. The van der Waals surface area contributed by atoms with Gasteiger partial charge in [0.05, 0.1) is 10.7 Å². The van der Waals surface area contributed by atoms with Crippen molar-refractivity contribution in [1.29, 1.82) is 0 Å². The highest BCUT2D eigenvalue weighted by atomic mass is 16.2. The Labute approximate surface area is 140 Å². The topological polar surface area (TPSA) is 57.1 Å². The molecule has 0 spiro atoms. The molecular weight excluding hydrogens is 300 g/mol. The van der Waals surface area contributed by atoms with Gasteiger partial charge < -0.3 is 5.32 Å². The highest BCUT2D eigenvalue weighted by Gasteiger charge is 2.19. The van der Waals surface area contributed by atoms with Gasteiger partial charge in [-0.05, 0) is 36.6 Å². The summed E-state index contributed by atoms with van der Waals surface area (Å²) in [7, 11) is 0. The van der Waals surface area contributed by atoms with E-state index in [1.54, 1.807) is 0 Å². The minimum Gasteiger partial charge on any atom is -0.382 e. The Bertz CT molecular complexity index is 855. The van der Waals surface area contributed by atoms with Crippen LogP contribution < -0.4 is 16.0 Å². The lowest BCUT2D eigenvalue weighted by Crippen LogP contribution is -2.38. The Kier molecular flexibility index (Phi) is 4.09. The third-order valence-corrected chi connectivity index (χ3v) is 4.61. The number of anilines is 1. The quantitative estimate of drug-likeness (QED) is 0.939. The Morgan fingerprint density at radius 3 is 2.54 bits per heavy atom. The number of hydrogen-bond acceptors (Lipinski definition) is 3. The van der Waals surface area contributed by atoms with Crippen molar-refractivity contribution in [2.24, 2.45) is 9.98 Å². The monoisotopic (exact) mass is 320 g/mol. The standard InChI is InChI=1S/C19H20N4O/c24-19-21-17-7-6-16(12-18(17)22-19)20-15-8-10-23(11-9-15)13-14-4-2-1-3-5-14/h1-7,12,15,20H,8-11,13H2. The van der Waals surface area contributed by atoms with E-state index in [0.717, 1.165) is 38.2 Å². The largest absolute Gasteiger partial charge is 0.382 e. The summed E-state index contributed by atoms with van der Waals surface area (Å²) in [5.74, 6) is 0. The van der Waals surface area contributed by atoms with Gasteiger partial charge in [0.25, 0.3) is 0 Å². The number of carbonyl (C=O) groups excluding carboxylic acids is 1. The maximum atomic E-state index is 11.2. The molecule has 0 aliphatic carbocycles. The van der Waals surface area contributed by atoms with E-state index in [4.69, 9.17) is 0 Å². The van der Waals surface area contributed by atoms with Gasteiger partial charge in [-0.15, -0.1) is 0 Å². The average molecular weight is 320 g/mol. The minimum absolute atomic E-state index is 0.406. The Morgan fingerprint density at radius 1 is 1.00 bits per heavy atom. The third-order valence-electron chi connectivity index (χ3n) is 4.61. The number of rotatable bonds is 4. The molecule has 4 rings (SSSR count). The molecule has 1 saturated heterocycles. The van der Waals surface area contributed by atoms with Crippen molar-refractivity contribution in [3.05, 3.63) is 64.8 Å². The average Bonchev–Trinajstić information content (AvgIpc) is 2.97. The van der Waals surface area contributed by atoms with Crippen LogP contribution in [0.5, 0.6) is 0 Å². The van der Waals surface area contributed by atoms with Crippen molar-refractivity contribution in [3.8, 4) is 0 Å². The summed E-state index contributed by atoms with van der Waals surface area (Å²) in [5.41, 5.74) is 2.39. The van der Waals surface area contributed by atoms with Crippen LogP contribution >= 0.6 is 0 Å². The van der Waals surface area contributed by atoms with Crippen LogP contribution in [0.4, 0.5) is 10.5 Å². The van der Waals surface area contributed by atoms with Crippen LogP contribution in [0.25, 0.3) is 0 Å². The Hall–Kier alpha value is -2.53. The summed E-state index contributed by atoms with van der Waals surface area (Å²) in [4.78, 5) is 21.5. The van der Waals surface area contributed by atoms with Crippen LogP contribution in [0.2, 0.25) is 0 Å². The van der Waals surface area contributed by atoms with E-state index < -0.39 is 6.03 Å². The van der Waals surface area contributed by atoms with Gasteiger partial charge in [0, 0.05) is 31.4 Å². The zero-order chi connectivity index (χ0) is 16.4. The van der Waals surface area contributed by atoms with Gasteiger partial charge in [0.1, 0.15) is 0 Å². The number of fused-ring (bicyclic) bond motifs is 1. The smallest absolute Gasteiger partial charge is 0.368 e. The van der Waals surface area contributed by atoms with E-state index in [2.05, 4.69) is 50.5 Å². The molecule has 0 saturated carbocycles. The number of nitrogens with one attached hydrogen (secondary N) is 1. The van der Waals surface area contributed by atoms with Crippen LogP contribution in [-0.2, 0) is 6.54 Å².